The molecule has 1 aromatic rings. The molecule has 0 saturated heterocycles. The number of amides is 1. The molecule has 0 aromatic heterocycles. The number of aliphatic carboxylic acids is 1. The predicted molar refractivity (Wildman–Crippen MR) is 81.6 cm³/mol. The average molecular weight is 342 g/mol. The molecule has 0 bridgehead atoms. The van der Waals surface area contributed by atoms with Crippen LogP contribution in [-0.4, -0.2) is 34.5 Å². The van der Waals surface area contributed by atoms with Gasteiger partial charge in [-0.1, -0.05) is 35.0 Å². The van der Waals surface area contributed by atoms with Gasteiger partial charge in [0.05, 0.1) is 0 Å². The Hall–Kier alpha value is -1.36. The number of nitrogens with zero attached hydrogens (tertiary/aromatic N) is 1. The molecule has 4 nitrogen and oxygen atoms in total. The van der Waals surface area contributed by atoms with Crippen molar-refractivity contribution in [3.63, 3.8) is 0 Å². The molecular formula is C15H20BrNO3. The molecular weight excluding hydrogens is 322 g/mol. The van der Waals surface area contributed by atoms with Gasteiger partial charge in [0.1, 0.15) is 6.54 Å². The summed E-state index contributed by atoms with van der Waals surface area (Å²) in [5.74, 6) is -1.08. The molecule has 0 saturated carbocycles. The van der Waals surface area contributed by atoms with Gasteiger partial charge in [0.25, 0.3) is 0 Å². The largest absolute Gasteiger partial charge is 0.480 e. The summed E-state index contributed by atoms with van der Waals surface area (Å²) < 4.78 is 0.978. The van der Waals surface area contributed by atoms with Crippen LogP contribution in [0.5, 0.6) is 0 Å². The van der Waals surface area contributed by atoms with E-state index in [4.69, 9.17) is 5.11 Å². The number of halogens is 1. The lowest BCUT2D eigenvalue weighted by molar-refractivity contribution is -0.146. The van der Waals surface area contributed by atoms with Gasteiger partial charge >= 0.3 is 5.97 Å². The van der Waals surface area contributed by atoms with E-state index in [-0.39, 0.29) is 18.5 Å². The molecule has 0 aliphatic carbocycles. The number of carboxylic acids is 1. The van der Waals surface area contributed by atoms with Crippen molar-refractivity contribution in [3.05, 3.63) is 34.3 Å². The molecule has 110 valence electrons. The summed E-state index contributed by atoms with van der Waals surface area (Å²) in [7, 11) is 0. The topological polar surface area (TPSA) is 57.6 Å². The van der Waals surface area contributed by atoms with E-state index in [0.717, 1.165) is 16.5 Å². The zero-order valence-corrected chi connectivity index (χ0v) is 13.4. The molecule has 0 aliphatic heterocycles. The maximum Gasteiger partial charge on any atom is 0.323 e. The van der Waals surface area contributed by atoms with Crippen LogP contribution in [0.15, 0.2) is 28.7 Å². The molecule has 1 unspecified atom stereocenters. The minimum Gasteiger partial charge on any atom is -0.480 e. The van der Waals surface area contributed by atoms with Crippen molar-refractivity contribution in [2.45, 2.75) is 39.2 Å². The normalized spacial score (nSPS) is 11.9. The highest BCUT2D eigenvalue weighted by molar-refractivity contribution is 9.10. The molecule has 1 rings (SSSR count). The van der Waals surface area contributed by atoms with E-state index in [1.807, 2.05) is 38.1 Å². The van der Waals surface area contributed by atoms with Gasteiger partial charge in [-0.15, -0.1) is 0 Å². The van der Waals surface area contributed by atoms with Crippen LogP contribution < -0.4 is 0 Å². The second-order valence-corrected chi connectivity index (χ2v) is 5.72. The van der Waals surface area contributed by atoms with Gasteiger partial charge in [-0.2, -0.15) is 0 Å². The smallest absolute Gasteiger partial charge is 0.323 e. The van der Waals surface area contributed by atoms with Crippen molar-refractivity contribution in [3.8, 4) is 0 Å². The Balaban J connectivity index is 2.64. The van der Waals surface area contributed by atoms with Gasteiger partial charge in [-0.3, -0.25) is 9.59 Å². The van der Waals surface area contributed by atoms with Crippen molar-refractivity contribution >= 4 is 27.8 Å². The number of aryl methyl sites for hydroxylation is 1. The number of carboxylic acid groups (broad SMARTS) is 1. The lowest BCUT2D eigenvalue weighted by Gasteiger charge is -2.27. The molecule has 5 heteroatoms. The summed E-state index contributed by atoms with van der Waals surface area (Å²) in [4.78, 5) is 24.5. The van der Waals surface area contributed by atoms with E-state index in [1.165, 1.54) is 4.90 Å². The summed E-state index contributed by atoms with van der Waals surface area (Å²) >= 11 is 3.39. The van der Waals surface area contributed by atoms with Gasteiger partial charge in [0.15, 0.2) is 0 Å². The lowest BCUT2D eigenvalue weighted by Crippen LogP contribution is -2.41. The molecule has 1 amide bonds. The van der Waals surface area contributed by atoms with Crippen LogP contribution in [0.3, 0.4) is 0 Å². The summed E-state index contributed by atoms with van der Waals surface area (Å²) in [5.41, 5.74) is 1.06. The third-order valence-corrected chi connectivity index (χ3v) is 3.76. The second-order valence-electron chi connectivity index (χ2n) is 4.80. The zero-order chi connectivity index (χ0) is 15.1. The molecule has 20 heavy (non-hydrogen) atoms. The van der Waals surface area contributed by atoms with E-state index in [9.17, 15) is 9.59 Å². The number of carbonyl (C=O) groups is 2. The molecule has 0 aliphatic rings. The highest BCUT2D eigenvalue weighted by Gasteiger charge is 2.21. The van der Waals surface area contributed by atoms with Crippen LogP contribution in [-0.2, 0) is 16.0 Å². The Labute approximate surface area is 127 Å². The Morgan fingerprint density at radius 2 is 2.10 bits per heavy atom. The number of rotatable bonds is 7. The van der Waals surface area contributed by atoms with Gasteiger partial charge in [-0.25, -0.2) is 0 Å². The standard InChI is InChI=1S/C15H20BrNO3/c1-3-11(2)17(10-15(19)20)14(18)8-7-12-5-4-6-13(16)9-12/h4-6,9,11H,3,7-8,10H2,1-2H3,(H,19,20). The maximum atomic E-state index is 12.2. The third kappa shape index (κ3) is 5.33. The monoisotopic (exact) mass is 341 g/mol. The summed E-state index contributed by atoms with van der Waals surface area (Å²) in [6.45, 7) is 3.59. The van der Waals surface area contributed by atoms with Gasteiger partial charge in [-0.05, 0) is 37.5 Å². The van der Waals surface area contributed by atoms with E-state index in [0.29, 0.717) is 12.8 Å². The Kier molecular flexibility index (Phi) is 6.71. The number of hydrogen-bond donors (Lipinski definition) is 1. The fourth-order valence-corrected chi connectivity index (χ4v) is 2.39. The molecule has 1 N–H and O–H groups in total. The minimum absolute atomic E-state index is 0.0545. The Bertz CT molecular complexity index is 476. The first kappa shape index (κ1) is 16.7. The van der Waals surface area contributed by atoms with Gasteiger partial charge in [0.2, 0.25) is 5.91 Å². The summed E-state index contributed by atoms with van der Waals surface area (Å²) in [6.07, 6.45) is 1.69. The average Bonchev–Trinajstić information content (AvgIpc) is 2.41. The van der Waals surface area contributed by atoms with E-state index < -0.39 is 5.97 Å². The summed E-state index contributed by atoms with van der Waals surface area (Å²) in [5, 5.41) is 8.90. The Morgan fingerprint density at radius 3 is 2.65 bits per heavy atom. The van der Waals surface area contributed by atoms with Crippen LogP contribution in [0.1, 0.15) is 32.3 Å². The lowest BCUT2D eigenvalue weighted by atomic mass is 10.1. The highest BCUT2D eigenvalue weighted by atomic mass is 79.9. The van der Waals surface area contributed by atoms with Crippen molar-refractivity contribution in [2.24, 2.45) is 0 Å². The SMILES string of the molecule is CCC(C)N(CC(=O)O)C(=O)CCc1cccc(Br)c1. The molecule has 0 heterocycles. The third-order valence-electron chi connectivity index (χ3n) is 3.27. The zero-order valence-electron chi connectivity index (χ0n) is 11.8. The van der Waals surface area contributed by atoms with Crippen molar-refractivity contribution in [1.29, 1.82) is 0 Å². The first-order valence-corrected chi connectivity index (χ1v) is 7.49. The summed E-state index contributed by atoms with van der Waals surface area (Å²) in [6, 6.07) is 7.73. The molecule has 1 aromatic carbocycles. The first-order chi connectivity index (χ1) is 9.43. The molecule has 0 radical (unpaired) electrons. The van der Waals surface area contributed by atoms with Crippen LogP contribution in [0.4, 0.5) is 0 Å². The van der Waals surface area contributed by atoms with Gasteiger partial charge < -0.3 is 10.0 Å². The van der Waals surface area contributed by atoms with E-state index in [2.05, 4.69) is 15.9 Å². The first-order valence-electron chi connectivity index (χ1n) is 6.69. The predicted octanol–water partition coefficient (Wildman–Crippen LogP) is 3.09. The van der Waals surface area contributed by atoms with Gasteiger partial charge in [0, 0.05) is 16.9 Å². The van der Waals surface area contributed by atoms with E-state index >= 15 is 0 Å². The molecule has 0 spiro atoms. The minimum atomic E-state index is -0.971. The van der Waals surface area contributed by atoms with Crippen molar-refractivity contribution in [1.82, 2.24) is 4.90 Å². The van der Waals surface area contributed by atoms with Crippen LogP contribution >= 0.6 is 15.9 Å². The number of hydrogen-bond acceptors (Lipinski definition) is 2. The second kappa shape index (κ2) is 8.04. The highest BCUT2D eigenvalue weighted by Crippen LogP contribution is 2.14. The van der Waals surface area contributed by atoms with Crippen LogP contribution in [0, 0.1) is 0 Å². The Morgan fingerprint density at radius 1 is 1.40 bits per heavy atom. The fraction of sp³-hybridized carbons (Fsp3) is 0.467. The van der Waals surface area contributed by atoms with E-state index in [1.54, 1.807) is 0 Å². The molecule has 1 atom stereocenters. The quantitative estimate of drug-likeness (QED) is 0.828. The number of benzene rings is 1. The number of carbonyl (C=O) groups excluding carboxylic acids is 1. The van der Waals surface area contributed by atoms with Crippen molar-refractivity contribution in [2.75, 3.05) is 6.54 Å². The fourth-order valence-electron chi connectivity index (χ4n) is 1.94. The maximum absolute atomic E-state index is 12.2. The molecule has 0 fully saturated rings. The van der Waals surface area contributed by atoms with Crippen LogP contribution in [0.2, 0.25) is 0 Å². The van der Waals surface area contributed by atoms with Crippen molar-refractivity contribution < 1.29 is 14.7 Å². The van der Waals surface area contributed by atoms with Crippen LogP contribution in [0.25, 0.3) is 0 Å².